The summed E-state index contributed by atoms with van der Waals surface area (Å²) in [6.07, 6.45) is 4.83. The van der Waals surface area contributed by atoms with Gasteiger partial charge < -0.3 is 23.5 Å². The highest BCUT2D eigenvalue weighted by Gasteiger charge is 2.53. The second-order valence-corrected chi connectivity index (χ2v) is 14.9. The Morgan fingerprint density at radius 1 is 0.641 bits per heavy atom. The van der Waals surface area contributed by atoms with Gasteiger partial charge in [0.1, 0.15) is 0 Å². The number of alkyl halides is 1. The standard InChI is InChI=1S/C30H42B2BrNO4S/c1-27(2)28(3,4)36-31(35-27)21-13-15-23-25(19-21)39-26-20-22(32-37-29(5,6)30(7,8)38-32)14-16-24(26)34(23)18-12-10-9-11-17-33/h13-16,19-20H,9-12,17-18H2,1-8H3. The number of anilines is 2. The first-order valence-electron chi connectivity index (χ1n) is 14.3. The highest BCUT2D eigenvalue weighted by molar-refractivity contribution is 9.09. The molecule has 3 aliphatic heterocycles. The molecule has 39 heavy (non-hydrogen) atoms. The lowest BCUT2D eigenvalue weighted by Crippen LogP contribution is -2.41. The highest BCUT2D eigenvalue weighted by atomic mass is 79.9. The molecule has 2 aromatic rings. The van der Waals surface area contributed by atoms with Crippen molar-refractivity contribution in [3.8, 4) is 0 Å². The molecule has 210 valence electrons. The summed E-state index contributed by atoms with van der Waals surface area (Å²) in [4.78, 5) is 4.93. The first kappa shape index (κ1) is 29.5. The number of rotatable bonds is 8. The number of nitrogens with zero attached hydrogens (tertiary/aromatic N) is 1. The predicted octanol–water partition coefficient (Wildman–Crippen LogP) is 6.84. The third kappa shape index (κ3) is 5.61. The van der Waals surface area contributed by atoms with Gasteiger partial charge in [0.05, 0.1) is 33.8 Å². The van der Waals surface area contributed by atoms with Crippen LogP contribution < -0.4 is 15.8 Å². The lowest BCUT2D eigenvalue weighted by atomic mass is 9.78. The Morgan fingerprint density at radius 2 is 1.05 bits per heavy atom. The van der Waals surface area contributed by atoms with Gasteiger partial charge in [0.15, 0.2) is 0 Å². The number of hydrogen-bond acceptors (Lipinski definition) is 6. The summed E-state index contributed by atoms with van der Waals surface area (Å²) < 4.78 is 25.5. The van der Waals surface area contributed by atoms with Gasteiger partial charge in [0.2, 0.25) is 0 Å². The predicted molar refractivity (Wildman–Crippen MR) is 168 cm³/mol. The third-order valence-corrected chi connectivity index (χ3v) is 10.7. The lowest BCUT2D eigenvalue weighted by Gasteiger charge is -2.33. The molecule has 3 aliphatic rings. The van der Waals surface area contributed by atoms with Crippen molar-refractivity contribution in [1.82, 2.24) is 0 Å². The minimum absolute atomic E-state index is 0.369. The van der Waals surface area contributed by atoms with E-state index in [1.165, 1.54) is 40.4 Å². The Hall–Kier alpha value is -0.960. The number of benzene rings is 2. The fourth-order valence-corrected chi connectivity index (χ4v) is 6.72. The van der Waals surface area contributed by atoms with Crippen LogP contribution in [0.25, 0.3) is 0 Å². The molecule has 0 N–H and O–H groups in total. The van der Waals surface area contributed by atoms with Crippen LogP contribution in [-0.2, 0) is 18.6 Å². The molecule has 0 spiro atoms. The van der Waals surface area contributed by atoms with Gasteiger partial charge in [-0.05, 0) is 103 Å². The minimum atomic E-state index is -0.379. The summed E-state index contributed by atoms with van der Waals surface area (Å²) in [6, 6.07) is 13.3. The molecule has 0 amide bonds. The SMILES string of the molecule is CC1(C)OB(c2ccc3c(c2)Sc2cc(B4OC(C)(C)C(C)(C)O4)ccc2N3CCCCCCBr)OC1(C)C. The molecule has 2 fully saturated rings. The van der Waals surface area contributed by atoms with E-state index in [0.29, 0.717) is 0 Å². The second-order valence-electron chi connectivity index (χ2n) is 13.0. The molecule has 5 nitrogen and oxygen atoms in total. The van der Waals surface area contributed by atoms with Crippen molar-refractivity contribution in [3.05, 3.63) is 36.4 Å². The zero-order valence-corrected chi connectivity index (χ0v) is 27.1. The number of fused-ring (bicyclic) bond motifs is 2. The van der Waals surface area contributed by atoms with Crippen LogP contribution in [0, 0.1) is 0 Å². The molecule has 0 bridgehead atoms. The fourth-order valence-electron chi connectivity index (χ4n) is 5.13. The Balaban J connectivity index is 1.45. The lowest BCUT2D eigenvalue weighted by molar-refractivity contribution is 0.00578. The molecule has 0 atom stereocenters. The van der Waals surface area contributed by atoms with Gasteiger partial charge in [-0.1, -0.05) is 52.7 Å². The maximum atomic E-state index is 6.38. The molecule has 2 saturated heterocycles. The normalized spacial score (nSPS) is 22.2. The van der Waals surface area contributed by atoms with Crippen molar-refractivity contribution < 1.29 is 18.6 Å². The molecule has 5 rings (SSSR count). The van der Waals surface area contributed by atoms with Crippen molar-refractivity contribution in [2.75, 3.05) is 16.8 Å². The van der Waals surface area contributed by atoms with E-state index in [1.807, 2.05) is 11.8 Å². The smallest absolute Gasteiger partial charge is 0.399 e. The largest absolute Gasteiger partial charge is 0.494 e. The minimum Gasteiger partial charge on any atom is -0.399 e. The van der Waals surface area contributed by atoms with E-state index in [-0.39, 0.29) is 36.6 Å². The summed E-state index contributed by atoms with van der Waals surface area (Å²) in [5.74, 6) is 0. The Labute approximate surface area is 248 Å². The monoisotopic (exact) mass is 613 g/mol. The van der Waals surface area contributed by atoms with Crippen LogP contribution in [0.5, 0.6) is 0 Å². The summed E-state index contributed by atoms with van der Waals surface area (Å²) in [6.45, 7) is 17.8. The summed E-state index contributed by atoms with van der Waals surface area (Å²) in [5.41, 5.74) is 3.13. The molecule has 0 aliphatic carbocycles. The molecule has 3 heterocycles. The van der Waals surface area contributed by atoms with E-state index in [0.717, 1.165) is 29.2 Å². The van der Waals surface area contributed by atoms with E-state index in [4.69, 9.17) is 18.6 Å². The van der Waals surface area contributed by atoms with Crippen molar-refractivity contribution in [2.24, 2.45) is 0 Å². The van der Waals surface area contributed by atoms with Crippen LogP contribution in [0.15, 0.2) is 46.2 Å². The number of halogens is 1. The zero-order chi connectivity index (χ0) is 28.2. The van der Waals surface area contributed by atoms with Gasteiger partial charge in [-0.15, -0.1) is 0 Å². The van der Waals surface area contributed by atoms with Gasteiger partial charge in [-0.2, -0.15) is 0 Å². The van der Waals surface area contributed by atoms with E-state index in [2.05, 4.69) is 113 Å². The average molecular weight is 614 g/mol. The first-order chi connectivity index (χ1) is 18.2. The molecule has 0 unspecified atom stereocenters. The Kier molecular flexibility index (Phi) is 8.11. The maximum Gasteiger partial charge on any atom is 0.494 e. The number of hydrogen-bond donors (Lipinski definition) is 0. The molecular formula is C30H42B2BrNO4S. The van der Waals surface area contributed by atoms with Gasteiger partial charge in [0, 0.05) is 21.7 Å². The topological polar surface area (TPSA) is 40.2 Å². The van der Waals surface area contributed by atoms with Crippen molar-refractivity contribution in [3.63, 3.8) is 0 Å². The summed E-state index contributed by atoms with van der Waals surface area (Å²) in [5, 5.41) is 1.07. The molecule has 2 aromatic carbocycles. The van der Waals surface area contributed by atoms with Gasteiger partial charge in [0.25, 0.3) is 0 Å². The van der Waals surface area contributed by atoms with E-state index >= 15 is 0 Å². The zero-order valence-electron chi connectivity index (χ0n) is 24.7. The van der Waals surface area contributed by atoms with Gasteiger partial charge in [-0.3, -0.25) is 0 Å². The van der Waals surface area contributed by atoms with Crippen molar-refractivity contribution >= 4 is 64.2 Å². The average Bonchev–Trinajstić information content (AvgIpc) is 3.22. The molecule has 0 radical (unpaired) electrons. The third-order valence-electron chi connectivity index (χ3n) is 9.09. The van der Waals surface area contributed by atoms with Crippen LogP contribution in [0.4, 0.5) is 11.4 Å². The van der Waals surface area contributed by atoms with E-state index in [1.54, 1.807) is 0 Å². The summed E-state index contributed by atoms with van der Waals surface area (Å²) >= 11 is 5.37. The van der Waals surface area contributed by atoms with E-state index in [9.17, 15) is 0 Å². The van der Waals surface area contributed by atoms with Gasteiger partial charge >= 0.3 is 14.2 Å². The van der Waals surface area contributed by atoms with Crippen LogP contribution >= 0.6 is 27.7 Å². The Bertz CT molecular complexity index is 1100. The molecular weight excluding hydrogens is 572 g/mol. The van der Waals surface area contributed by atoms with Crippen molar-refractivity contribution in [1.29, 1.82) is 0 Å². The van der Waals surface area contributed by atoms with Crippen LogP contribution in [0.2, 0.25) is 0 Å². The number of unbranched alkanes of at least 4 members (excludes halogenated alkanes) is 3. The fraction of sp³-hybridized carbons (Fsp3) is 0.600. The summed E-state index contributed by atoms with van der Waals surface area (Å²) in [7, 11) is -0.757. The second kappa shape index (κ2) is 10.7. The van der Waals surface area contributed by atoms with Crippen LogP contribution in [0.1, 0.15) is 81.1 Å². The van der Waals surface area contributed by atoms with E-state index < -0.39 is 0 Å². The molecule has 9 heteroatoms. The molecule has 0 aromatic heterocycles. The highest BCUT2D eigenvalue weighted by Crippen LogP contribution is 2.48. The maximum absolute atomic E-state index is 6.38. The Morgan fingerprint density at radius 3 is 1.46 bits per heavy atom. The van der Waals surface area contributed by atoms with Crippen LogP contribution in [-0.4, -0.2) is 48.5 Å². The first-order valence-corrected chi connectivity index (χ1v) is 16.2. The molecule has 0 saturated carbocycles. The quantitative estimate of drug-likeness (QED) is 0.184. The van der Waals surface area contributed by atoms with Gasteiger partial charge in [-0.25, -0.2) is 0 Å². The van der Waals surface area contributed by atoms with Crippen LogP contribution in [0.3, 0.4) is 0 Å². The van der Waals surface area contributed by atoms with Crippen molar-refractivity contribution in [2.45, 2.75) is 113 Å².